The second-order valence-corrected chi connectivity index (χ2v) is 4.10. The van der Waals surface area contributed by atoms with Gasteiger partial charge in [0.2, 0.25) is 0 Å². The minimum Gasteiger partial charge on any atom is -0.462 e. The number of hydrogen-bond acceptors (Lipinski definition) is 2. The van der Waals surface area contributed by atoms with Crippen molar-refractivity contribution in [2.45, 2.75) is 46.6 Å². The zero-order valence-electron chi connectivity index (χ0n) is 9.04. The fourth-order valence-corrected chi connectivity index (χ4v) is 2.45. The molecule has 0 aromatic rings. The Labute approximate surface area is 80.7 Å². The normalized spacial score (nSPS) is 40.2. The van der Waals surface area contributed by atoms with Gasteiger partial charge in [0.25, 0.3) is 0 Å². The standard InChI is InChI=1S/C11H20O2/c1-5-9-7(3)10(6-2)13-11(12)8(9)4/h7-10H,5-6H2,1-4H3. The quantitative estimate of drug-likeness (QED) is 0.617. The van der Waals surface area contributed by atoms with Crippen molar-refractivity contribution in [1.29, 1.82) is 0 Å². The molecule has 0 aliphatic carbocycles. The third kappa shape index (κ3) is 1.87. The minimum atomic E-state index is -0.00296. The van der Waals surface area contributed by atoms with E-state index in [4.69, 9.17) is 4.74 Å². The van der Waals surface area contributed by atoms with Crippen molar-refractivity contribution in [3.8, 4) is 0 Å². The maximum atomic E-state index is 11.5. The monoisotopic (exact) mass is 184 g/mol. The third-order valence-electron chi connectivity index (χ3n) is 3.42. The number of cyclic esters (lactones) is 1. The average molecular weight is 184 g/mol. The van der Waals surface area contributed by atoms with Gasteiger partial charge >= 0.3 is 5.97 Å². The minimum absolute atomic E-state index is 0.00296. The van der Waals surface area contributed by atoms with Crippen LogP contribution in [0.3, 0.4) is 0 Å². The fourth-order valence-electron chi connectivity index (χ4n) is 2.45. The van der Waals surface area contributed by atoms with Gasteiger partial charge in [-0.25, -0.2) is 0 Å². The molecule has 4 atom stereocenters. The van der Waals surface area contributed by atoms with Gasteiger partial charge in [0.15, 0.2) is 0 Å². The van der Waals surface area contributed by atoms with Crippen molar-refractivity contribution in [2.75, 3.05) is 0 Å². The maximum Gasteiger partial charge on any atom is 0.309 e. The number of hydrogen-bond donors (Lipinski definition) is 0. The van der Waals surface area contributed by atoms with Crippen LogP contribution < -0.4 is 0 Å². The number of carbonyl (C=O) groups excluding carboxylic acids is 1. The SMILES string of the molecule is CCC1OC(=O)C(C)C(CC)C1C. The van der Waals surface area contributed by atoms with Gasteiger partial charge in [-0.3, -0.25) is 4.79 Å². The van der Waals surface area contributed by atoms with Crippen LogP contribution in [0.5, 0.6) is 0 Å². The van der Waals surface area contributed by atoms with Crippen LogP contribution in [0.25, 0.3) is 0 Å². The zero-order chi connectivity index (χ0) is 10.0. The summed E-state index contributed by atoms with van der Waals surface area (Å²) in [6.07, 6.45) is 2.16. The van der Waals surface area contributed by atoms with Crippen molar-refractivity contribution in [3.05, 3.63) is 0 Å². The summed E-state index contributed by atoms with van der Waals surface area (Å²) in [5, 5.41) is 0. The summed E-state index contributed by atoms with van der Waals surface area (Å²) in [4.78, 5) is 11.5. The summed E-state index contributed by atoms with van der Waals surface area (Å²) >= 11 is 0. The Morgan fingerprint density at radius 3 is 2.31 bits per heavy atom. The maximum absolute atomic E-state index is 11.5. The first-order chi connectivity index (χ1) is 6.11. The molecule has 0 bridgehead atoms. The van der Waals surface area contributed by atoms with Crippen molar-refractivity contribution in [3.63, 3.8) is 0 Å². The van der Waals surface area contributed by atoms with Gasteiger partial charge < -0.3 is 4.74 Å². The van der Waals surface area contributed by atoms with E-state index in [2.05, 4.69) is 20.8 Å². The molecule has 76 valence electrons. The van der Waals surface area contributed by atoms with E-state index in [9.17, 15) is 4.79 Å². The molecule has 0 radical (unpaired) electrons. The Morgan fingerprint density at radius 1 is 1.23 bits per heavy atom. The second kappa shape index (κ2) is 4.12. The van der Waals surface area contributed by atoms with E-state index < -0.39 is 0 Å². The zero-order valence-corrected chi connectivity index (χ0v) is 9.04. The highest BCUT2D eigenvalue weighted by molar-refractivity contribution is 5.73. The largest absolute Gasteiger partial charge is 0.462 e. The highest BCUT2D eigenvalue weighted by atomic mass is 16.5. The van der Waals surface area contributed by atoms with E-state index >= 15 is 0 Å². The van der Waals surface area contributed by atoms with Gasteiger partial charge in [-0.1, -0.05) is 34.1 Å². The van der Waals surface area contributed by atoms with Crippen molar-refractivity contribution in [1.82, 2.24) is 0 Å². The van der Waals surface area contributed by atoms with E-state index in [1.165, 1.54) is 0 Å². The van der Waals surface area contributed by atoms with E-state index in [0.717, 1.165) is 12.8 Å². The van der Waals surface area contributed by atoms with E-state index in [-0.39, 0.29) is 18.0 Å². The summed E-state index contributed by atoms with van der Waals surface area (Å²) in [6.45, 7) is 8.42. The highest BCUT2D eigenvalue weighted by Gasteiger charge is 2.39. The van der Waals surface area contributed by atoms with Crippen LogP contribution >= 0.6 is 0 Å². The highest BCUT2D eigenvalue weighted by Crippen LogP contribution is 2.35. The summed E-state index contributed by atoms with van der Waals surface area (Å²) in [5.41, 5.74) is 0. The van der Waals surface area contributed by atoms with Gasteiger partial charge in [0.1, 0.15) is 6.10 Å². The van der Waals surface area contributed by atoms with Crippen LogP contribution in [-0.4, -0.2) is 12.1 Å². The molecule has 0 aromatic heterocycles. The van der Waals surface area contributed by atoms with Crippen molar-refractivity contribution in [2.24, 2.45) is 17.8 Å². The van der Waals surface area contributed by atoms with Crippen LogP contribution in [0.15, 0.2) is 0 Å². The lowest BCUT2D eigenvalue weighted by atomic mass is 9.76. The predicted molar refractivity (Wildman–Crippen MR) is 52.3 cm³/mol. The Morgan fingerprint density at radius 2 is 1.85 bits per heavy atom. The lowest BCUT2D eigenvalue weighted by molar-refractivity contribution is -0.170. The molecule has 1 saturated heterocycles. The molecule has 0 spiro atoms. The molecule has 0 aromatic carbocycles. The lowest BCUT2D eigenvalue weighted by Crippen LogP contribution is -2.42. The summed E-state index contributed by atoms with van der Waals surface area (Å²) in [6, 6.07) is 0. The molecule has 1 fully saturated rings. The van der Waals surface area contributed by atoms with Crippen LogP contribution in [0.1, 0.15) is 40.5 Å². The van der Waals surface area contributed by atoms with Crippen LogP contribution in [0, 0.1) is 17.8 Å². The van der Waals surface area contributed by atoms with Crippen molar-refractivity contribution < 1.29 is 9.53 Å². The summed E-state index contributed by atoms with van der Waals surface area (Å²) < 4.78 is 5.35. The van der Waals surface area contributed by atoms with Gasteiger partial charge in [-0.2, -0.15) is 0 Å². The molecule has 1 heterocycles. The molecule has 1 rings (SSSR count). The number of rotatable bonds is 2. The molecule has 1 aliphatic rings. The predicted octanol–water partition coefficient (Wildman–Crippen LogP) is 2.62. The first-order valence-electron chi connectivity index (χ1n) is 5.32. The molecule has 2 heteroatoms. The fraction of sp³-hybridized carbons (Fsp3) is 0.909. The molecular weight excluding hydrogens is 164 g/mol. The van der Waals surface area contributed by atoms with E-state index in [1.54, 1.807) is 0 Å². The third-order valence-corrected chi connectivity index (χ3v) is 3.42. The smallest absolute Gasteiger partial charge is 0.309 e. The Bertz CT molecular complexity index is 189. The summed E-state index contributed by atoms with van der Waals surface area (Å²) in [7, 11) is 0. The topological polar surface area (TPSA) is 26.3 Å². The molecule has 13 heavy (non-hydrogen) atoms. The van der Waals surface area contributed by atoms with Crippen LogP contribution in [0.2, 0.25) is 0 Å². The van der Waals surface area contributed by atoms with Gasteiger partial charge in [-0.15, -0.1) is 0 Å². The molecule has 1 aliphatic heterocycles. The first kappa shape index (κ1) is 10.6. The molecule has 2 nitrogen and oxygen atoms in total. The first-order valence-corrected chi connectivity index (χ1v) is 5.32. The van der Waals surface area contributed by atoms with E-state index in [0.29, 0.717) is 11.8 Å². The number of carbonyl (C=O) groups is 1. The lowest BCUT2D eigenvalue weighted by Gasteiger charge is -2.38. The van der Waals surface area contributed by atoms with Gasteiger partial charge in [0.05, 0.1) is 5.92 Å². The molecule has 0 N–H and O–H groups in total. The Balaban J connectivity index is 2.74. The molecule has 0 saturated carbocycles. The van der Waals surface area contributed by atoms with E-state index in [1.807, 2.05) is 6.92 Å². The van der Waals surface area contributed by atoms with Gasteiger partial charge in [-0.05, 0) is 18.3 Å². The van der Waals surface area contributed by atoms with Crippen LogP contribution in [0.4, 0.5) is 0 Å². The second-order valence-electron chi connectivity index (χ2n) is 4.10. The average Bonchev–Trinajstić information content (AvgIpc) is 2.12. The number of ether oxygens (including phenoxy) is 1. The molecular formula is C11H20O2. The molecule has 0 amide bonds. The van der Waals surface area contributed by atoms with Crippen molar-refractivity contribution >= 4 is 5.97 Å². The summed E-state index contributed by atoms with van der Waals surface area (Å²) in [5.74, 6) is 1.11. The van der Waals surface area contributed by atoms with Gasteiger partial charge in [0, 0.05) is 0 Å². The Kier molecular flexibility index (Phi) is 3.34. The Hall–Kier alpha value is -0.530. The van der Waals surface area contributed by atoms with Crippen LogP contribution in [-0.2, 0) is 9.53 Å². The molecule has 4 unspecified atom stereocenters. The number of esters is 1.